The van der Waals surface area contributed by atoms with E-state index in [0.29, 0.717) is 11.1 Å². The molecule has 39 heavy (non-hydrogen) atoms. The van der Waals surface area contributed by atoms with Crippen molar-refractivity contribution >= 4 is 29.8 Å². The van der Waals surface area contributed by atoms with E-state index in [0.717, 1.165) is 0 Å². The lowest BCUT2D eigenvalue weighted by Crippen LogP contribution is -2.60. The van der Waals surface area contributed by atoms with E-state index in [-0.39, 0.29) is 30.7 Å². The van der Waals surface area contributed by atoms with Crippen molar-refractivity contribution in [2.75, 3.05) is 6.61 Å². The van der Waals surface area contributed by atoms with Gasteiger partial charge >= 0.3 is 17.9 Å². The lowest BCUT2D eigenvalue weighted by atomic mass is 9.93. The first-order valence-electron chi connectivity index (χ1n) is 12.0. The molecule has 1 aromatic carbocycles. The first-order chi connectivity index (χ1) is 18.4. The number of benzene rings is 1. The van der Waals surface area contributed by atoms with Crippen molar-refractivity contribution in [2.24, 2.45) is 0 Å². The van der Waals surface area contributed by atoms with Gasteiger partial charge in [-0.3, -0.25) is 14.9 Å². The molecule has 0 spiro atoms. The number of phenols is 1. The second kappa shape index (κ2) is 11.3. The van der Waals surface area contributed by atoms with Crippen molar-refractivity contribution in [3.63, 3.8) is 0 Å². The summed E-state index contributed by atoms with van der Waals surface area (Å²) in [6.07, 6.45) is -5.02. The molecule has 3 heterocycles. The molecule has 212 valence electrons. The summed E-state index contributed by atoms with van der Waals surface area (Å²) in [7, 11) is 0. The van der Waals surface area contributed by atoms with Gasteiger partial charge in [0.25, 0.3) is 6.04 Å². The van der Waals surface area contributed by atoms with Crippen LogP contribution < -0.4 is 10.1 Å². The number of carboxylic acids is 3. The van der Waals surface area contributed by atoms with Gasteiger partial charge < -0.3 is 50.3 Å². The lowest BCUT2D eigenvalue weighted by Gasteiger charge is -2.39. The largest absolute Gasteiger partial charge is 0.504 e. The summed E-state index contributed by atoms with van der Waals surface area (Å²) in [4.78, 5) is 34.9. The van der Waals surface area contributed by atoms with Crippen LogP contribution in [0.5, 0.6) is 11.5 Å². The molecule has 3 aliphatic rings. The summed E-state index contributed by atoms with van der Waals surface area (Å²) in [5, 5.41) is 81.1. The van der Waals surface area contributed by atoms with E-state index in [9.17, 15) is 55.2 Å². The molecule has 15 heteroatoms. The minimum absolute atomic E-state index is 0.00513. The van der Waals surface area contributed by atoms with Crippen LogP contribution in [0.3, 0.4) is 0 Å². The highest BCUT2D eigenvalue weighted by molar-refractivity contribution is 5.81. The zero-order valence-electron chi connectivity index (χ0n) is 20.3. The number of nitrogens with one attached hydrogen (secondary N) is 1. The fraction of sp³-hybridized carbons (Fsp3) is 0.500. The van der Waals surface area contributed by atoms with Crippen molar-refractivity contribution in [2.45, 2.75) is 68.1 Å². The maximum absolute atomic E-state index is 12.0. The van der Waals surface area contributed by atoms with Crippen LogP contribution in [0.4, 0.5) is 5.69 Å². The number of ether oxygens (including phenoxy) is 2. The van der Waals surface area contributed by atoms with E-state index in [1.165, 1.54) is 29.0 Å². The van der Waals surface area contributed by atoms with Crippen LogP contribution in [-0.2, 0) is 25.5 Å². The Morgan fingerprint density at radius 3 is 2.18 bits per heavy atom. The Kier molecular flexibility index (Phi) is 8.20. The van der Waals surface area contributed by atoms with E-state index < -0.39 is 79.1 Å². The number of piperidine rings is 1. The van der Waals surface area contributed by atoms with E-state index >= 15 is 0 Å². The summed E-state index contributed by atoms with van der Waals surface area (Å²) in [5.74, 6) is -4.33. The van der Waals surface area contributed by atoms with Crippen LogP contribution in [0.1, 0.15) is 18.4 Å². The smallest absolute Gasteiger partial charge is 0.373 e. The van der Waals surface area contributed by atoms with Crippen molar-refractivity contribution in [1.29, 1.82) is 0 Å². The zero-order chi connectivity index (χ0) is 28.6. The topological polar surface area (TPSA) is 247 Å². The monoisotopic (exact) mass is 553 g/mol. The highest BCUT2D eigenvalue weighted by Gasteiger charge is 2.46. The Bertz CT molecular complexity index is 1190. The van der Waals surface area contributed by atoms with Gasteiger partial charge in [-0.2, -0.15) is 4.58 Å². The van der Waals surface area contributed by atoms with E-state index in [4.69, 9.17) is 9.47 Å². The highest BCUT2D eigenvalue weighted by Crippen LogP contribution is 2.40. The molecular formula is C24H29N2O13+. The number of hydrogen-bond donors (Lipinski definition) is 9. The van der Waals surface area contributed by atoms with Crippen LogP contribution in [0, 0.1) is 0 Å². The SMILES string of the molecule is O=C(O)C1C/C(=C/C=[N+]2/c3cc(O)c(O[C@H]4OC(CO)[C@@H](O)[C@@H](O)C4O)cc3C[C@@H]2C(=O)O)C[C@H](C(=O)O)N1. The number of hydrogen-bond acceptors (Lipinski definition) is 11. The van der Waals surface area contributed by atoms with Gasteiger partial charge in [0.15, 0.2) is 17.7 Å². The Morgan fingerprint density at radius 1 is 0.974 bits per heavy atom. The van der Waals surface area contributed by atoms with Crippen molar-refractivity contribution in [1.82, 2.24) is 5.32 Å². The minimum Gasteiger partial charge on any atom is -0.504 e. The third-order valence-corrected chi connectivity index (χ3v) is 6.97. The molecular weight excluding hydrogens is 524 g/mol. The number of rotatable bonds is 7. The number of carbonyl (C=O) groups is 3. The lowest BCUT2D eigenvalue weighted by molar-refractivity contribution is -0.456. The van der Waals surface area contributed by atoms with Gasteiger partial charge in [-0.05, 0) is 18.9 Å². The second-order valence-corrected chi connectivity index (χ2v) is 9.56. The normalized spacial score (nSPS) is 34.6. The zero-order valence-corrected chi connectivity index (χ0v) is 20.3. The van der Waals surface area contributed by atoms with E-state index in [1.807, 2.05) is 0 Å². The van der Waals surface area contributed by atoms with Crippen LogP contribution in [0.25, 0.3) is 0 Å². The summed E-state index contributed by atoms with van der Waals surface area (Å²) in [6, 6.07) is -0.839. The van der Waals surface area contributed by atoms with Gasteiger partial charge in [-0.15, -0.1) is 0 Å². The molecule has 0 aromatic heterocycles. The molecule has 3 unspecified atom stereocenters. The quantitative estimate of drug-likeness (QED) is 0.159. The van der Waals surface area contributed by atoms with Crippen LogP contribution in [0.2, 0.25) is 0 Å². The maximum Gasteiger partial charge on any atom is 0.373 e. The van der Waals surface area contributed by atoms with Gasteiger partial charge in [0.05, 0.1) is 19.1 Å². The van der Waals surface area contributed by atoms with Gasteiger partial charge in [0.2, 0.25) is 12.0 Å². The second-order valence-electron chi connectivity index (χ2n) is 9.56. The molecule has 0 bridgehead atoms. The number of phenolic OH excluding ortho intramolecular Hbond substituents is 1. The molecule has 9 N–H and O–H groups in total. The molecule has 4 rings (SSSR count). The number of aliphatic hydroxyl groups excluding tert-OH is 4. The average molecular weight is 553 g/mol. The highest BCUT2D eigenvalue weighted by atomic mass is 16.7. The van der Waals surface area contributed by atoms with Gasteiger partial charge in [-0.25, -0.2) is 4.79 Å². The van der Waals surface area contributed by atoms with Gasteiger partial charge in [0, 0.05) is 11.6 Å². The van der Waals surface area contributed by atoms with Crippen LogP contribution in [-0.4, -0.2) is 125 Å². The first kappa shape index (κ1) is 28.4. The number of nitrogens with zero attached hydrogens (tertiary/aromatic N) is 1. The predicted octanol–water partition coefficient (Wildman–Crippen LogP) is -2.49. The minimum atomic E-state index is -1.73. The third-order valence-electron chi connectivity index (χ3n) is 6.97. The van der Waals surface area contributed by atoms with Crippen LogP contribution >= 0.6 is 0 Å². The number of allylic oxidation sites excluding steroid dienone is 1. The molecule has 0 saturated carbocycles. The van der Waals surface area contributed by atoms with Crippen molar-refractivity contribution < 1.29 is 69.3 Å². The van der Waals surface area contributed by atoms with Gasteiger partial charge in [-0.1, -0.05) is 5.57 Å². The number of aliphatic carboxylic acids is 3. The predicted molar refractivity (Wildman–Crippen MR) is 127 cm³/mol. The third kappa shape index (κ3) is 5.73. The van der Waals surface area contributed by atoms with Crippen molar-refractivity contribution in [3.8, 4) is 11.5 Å². The number of carboxylic acid groups (broad SMARTS) is 3. The molecule has 15 nitrogen and oxygen atoms in total. The summed E-state index contributed by atoms with van der Waals surface area (Å²) in [5.41, 5.74) is 1.18. The Hall–Kier alpha value is -3.60. The molecule has 2 saturated heterocycles. The van der Waals surface area contributed by atoms with E-state index in [2.05, 4.69) is 5.32 Å². The van der Waals surface area contributed by atoms with Crippen LogP contribution in [0.15, 0.2) is 23.8 Å². The Labute approximate surface area is 220 Å². The first-order valence-corrected chi connectivity index (χ1v) is 12.0. The number of aromatic hydroxyl groups is 1. The molecule has 8 atom stereocenters. The molecule has 0 aliphatic carbocycles. The number of fused-ring (bicyclic) bond motifs is 1. The summed E-state index contributed by atoms with van der Waals surface area (Å²) < 4.78 is 12.2. The standard InChI is InChI=1S/C24H28N2O13/c27-8-17-18(29)19(30)20(31)24(39-17)38-16-6-10-5-14(23(36)37)26(13(10)7-15(16)28)2-1-9-3-11(21(32)33)25-12(4-9)22(34)35/h1-2,6-7,11-12,14,17-20,24-25,27,29-31H,3-5,8H2,(H3-,28,32,33,34,35,36,37)/p+1/b9-1-,26-2-/t11?,12-,14-,17?,18-,19-,20?,24+/m1/s1. The molecule has 0 amide bonds. The van der Waals surface area contributed by atoms with Crippen molar-refractivity contribution in [3.05, 3.63) is 29.3 Å². The maximum atomic E-state index is 12.0. The average Bonchev–Trinajstić information content (AvgIpc) is 3.24. The molecule has 2 fully saturated rings. The summed E-state index contributed by atoms with van der Waals surface area (Å²) >= 11 is 0. The fourth-order valence-corrected chi connectivity index (χ4v) is 4.86. The number of aliphatic hydroxyl groups is 4. The molecule has 1 aromatic rings. The fourth-order valence-electron chi connectivity index (χ4n) is 4.86. The Morgan fingerprint density at radius 2 is 1.62 bits per heavy atom. The van der Waals surface area contributed by atoms with E-state index in [1.54, 1.807) is 0 Å². The summed E-state index contributed by atoms with van der Waals surface area (Å²) in [6.45, 7) is -0.682. The van der Waals surface area contributed by atoms with Gasteiger partial charge in [0.1, 0.15) is 36.5 Å². The molecule has 0 radical (unpaired) electrons. The Balaban J connectivity index is 1.63. The molecule has 3 aliphatic heterocycles.